The van der Waals surface area contributed by atoms with Gasteiger partial charge in [-0.3, -0.25) is 10.1 Å². The molecule has 32 heavy (non-hydrogen) atoms. The zero-order chi connectivity index (χ0) is 22.7. The molecule has 3 N–H and O–H groups in total. The summed E-state index contributed by atoms with van der Waals surface area (Å²) in [4.78, 5) is 16.2. The summed E-state index contributed by atoms with van der Waals surface area (Å²) in [6.07, 6.45) is 0.412. The summed E-state index contributed by atoms with van der Waals surface area (Å²) < 4.78 is 52.3. The first-order chi connectivity index (χ1) is 15.3. The van der Waals surface area contributed by atoms with Crippen molar-refractivity contribution in [3.63, 3.8) is 0 Å². The number of nitrogens with zero attached hydrogens (tertiary/aromatic N) is 2. The average molecular weight is 441 g/mol. The molecule has 2 aromatic carbocycles. The minimum Gasteiger partial charge on any atom is -0.308 e. The molecule has 0 radical (unpaired) electrons. The normalized spacial score (nSPS) is 11.2. The molecule has 2 aromatic heterocycles. The number of benzene rings is 2. The van der Waals surface area contributed by atoms with Crippen molar-refractivity contribution < 1.29 is 22.4 Å². The van der Waals surface area contributed by atoms with Gasteiger partial charge in [-0.25, -0.2) is 9.18 Å². The van der Waals surface area contributed by atoms with E-state index in [9.17, 15) is 22.4 Å². The highest BCUT2D eigenvalue weighted by atomic mass is 19.4. The number of pyridine rings is 1. The molecule has 0 aliphatic carbocycles. The molecule has 0 aliphatic heterocycles. The number of carbonyl (C=O) groups is 1. The molecule has 2 heterocycles. The Kier molecular flexibility index (Phi) is 5.59. The number of rotatable bonds is 4. The van der Waals surface area contributed by atoms with Crippen molar-refractivity contribution >= 4 is 17.4 Å². The summed E-state index contributed by atoms with van der Waals surface area (Å²) in [5.41, 5.74) is 1.97. The monoisotopic (exact) mass is 441 g/mol. The molecule has 0 unspecified atom stereocenters. The minimum absolute atomic E-state index is 0.109. The predicted octanol–water partition coefficient (Wildman–Crippen LogP) is 5.94. The fraction of sp³-hybridized carbons (Fsp3) is 0.0455. The van der Waals surface area contributed by atoms with E-state index in [2.05, 4.69) is 25.8 Å². The van der Waals surface area contributed by atoms with Gasteiger partial charge in [-0.05, 0) is 60.2 Å². The number of nitrogens with one attached hydrogen (secondary N) is 3. The maximum absolute atomic E-state index is 14.3. The molecule has 4 rings (SSSR count). The van der Waals surface area contributed by atoms with E-state index in [1.165, 1.54) is 18.2 Å². The zero-order valence-corrected chi connectivity index (χ0v) is 16.2. The molecule has 4 aromatic rings. The lowest BCUT2D eigenvalue weighted by atomic mass is 10.0. The Morgan fingerprint density at radius 3 is 2.31 bits per heavy atom. The van der Waals surface area contributed by atoms with Crippen LogP contribution < -0.4 is 10.6 Å². The van der Waals surface area contributed by atoms with Crippen LogP contribution in [-0.4, -0.2) is 21.2 Å². The number of amides is 2. The van der Waals surface area contributed by atoms with Crippen LogP contribution in [0.2, 0.25) is 0 Å². The van der Waals surface area contributed by atoms with E-state index in [1.54, 1.807) is 30.7 Å². The van der Waals surface area contributed by atoms with Crippen LogP contribution >= 0.6 is 0 Å². The van der Waals surface area contributed by atoms with Crippen LogP contribution in [0.25, 0.3) is 22.4 Å². The highest BCUT2D eigenvalue weighted by Crippen LogP contribution is 2.32. The number of hydrogen-bond donors (Lipinski definition) is 3. The van der Waals surface area contributed by atoms with E-state index in [1.807, 2.05) is 0 Å². The molecule has 0 spiro atoms. The summed E-state index contributed by atoms with van der Waals surface area (Å²) in [5, 5.41) is 11.7. The van der Waals surface area contributed by atoms with Gasteiger partial charge in [0.05, 0.1) is 23.1 Å². The summed E-state index contributed by atoms with van der Waals surface area (Å²) in [5.74, 6) is -0.679. The van der Waals surface area contributed by atoms with E-state index >= 15 is 0 Å². The number of carbonyl (C=O) groups excluding carboxylic acids is 1. The van der Waals surface area contributed by atoms with Crippen LogP contribution in [0, 0.1) is 5.82 Å². The van der Waals surface area contributed by atoms with Crippen LogP contribution in [0.3, 0.4) is 0 Å². The van der Waals surface area contributed by atoms with Gasteiger partial charge in [0.15, 0.2) is 0 Å². The van der Waals surface area contributed by atoms with Crippen molar-refractivity contribution in [2.24, 2.45) is 0 Å². The first kappa shape index (κ1) is 21.0. The molecular weight excluding hydrogens is 426 g/mol. The molecule has 0 saturated carbocycles. The molecule has 0 aliphatic rings. The second-order valence-electron chi connectivity index (χ2n) is 6.74. The second-order valence-corrected chi connectivity index (χ2v) is 6.74. The quantitative estimate of drug-likeness (QED) is 0.343. The number of urea groups is 1. The number of aromatic amines is 1. The van der Waals surface area contributed by atoms with Crippen molar-refractivity contribution in [1.82, 2.24) is 15.2 Å². The van der Waals surface area contributed by atoms with Gasteiger partial charge in [-0.2, -0.15) is 18.3 Å². The third-order valence-corrected chi connectivity index (χ3v) is 4.60. The number of aromatic nitrogens is 3. The highest BCUT2D eigenvalue weighted by molar-refractivity contribution is 6.00. The van der Waals surface area contributed by atoms with E-state index < -0.39 is 23.6 Å². The van der Waals surface area contributed by atoms with Crippen LogP contribution in [-0.2, 0) is 6.18 Å². The van der Waals surface area contributed by atoms with E-state index in [0.717, 1.165) is 35.4 Å². The number of halogens is 4. The fourth-order valence-corrected chi connectivity index (χ4v) is 3.06. The molecule has 0 fully saturated rings. The largest absolute Gasteiger partial charge is 0.416 e. The van der Waals surface area contributed by atoms with Gasteiger partial charge >= 0.3 is 12.2 Å². The molecular formula is C22H15F4N5O. The number of H-pyrrole nitrogens is 1. The lowest BCUT2D eigenvalue weighted by Gasteiger charge is -2.11. The Morgan fingerprint density at radius 1 is 0.906 bits per heavy atom. The SMILES string of the molecule is O=C(Nc1ccc(C(F)(F)F)cc1)Nc1cc(-c2[nH]ncc2-c2ccncc2)ccc1F. The Hall–Kier alpha value is -4.21. The highest BCUT2D eigenvalue weighted by Gasteiger charge is 2.30. The maximum atomic E-state index is 14.3. The predicted molar refractivity (Wildman–Crippen MR) is 111 cm³/mol. The van der Waals surface area contributed by atoms with Crippen molar-refractivity contribution in [2.45, 2.75) is 6.18 Å². The van der Waals surface area contributed by atoms with Gasteiger partial charge in [0.25, 0.3) is 0 Å². The smallest absolute Gasteiger partial charge is 0.308 e. The van der Waals surface area contributed by atoms with Crippen molar-refractivity contribution in [1.29, 1.82) is 0 Å². The van der Waals surface area contributed by atoms with Gasteiger partial charge in [0, 0.05) is 29.2 Å². The third-order valence-electron chi connectivity index (χ3n) is 4.60. The van der Waals surface area contributed by atoms with Crippen molar-refractivity contribution in [3.05, 3.63) is 84.6 Å². The summed E-state index contributed by atoms with van der Waals surface area (Å²) in [7, 11) is 0. The van der Waals surface area contributed by atoms with Crippen LogP contribution in [0.1, 0.15) is 5.56 Å². The van der Waals surface area contributed by atoms with Gasteiger partial charge < -0.3 is 10.6 Å². The lowest BCUT2D eigenvalue weighted by molar-refractivity contribution is -0.137. The zero-order valence-electron chi connectivity index (χ0n) is 16.2. The second kappa shape index (κ2) is 8.50. The Morgan fingerprint density at radius 2 is 1.62 bits per heavy atom. The maximum Gasteiger partial charge on any atom is 0.416 e. The number of anilines is 2. The molecule has 0 bridgehead atoms. The Labute approximate surface area is 179 Å². The molecule has 10 heteroatoms. The first-order valence-electron chi connectivity index (χ1n) is 9.30. The summed E-state index contributed by atoms with van der Waals surface area (Å²) in [6.45, 7) is 0. The van der Waals surface area contributed by atoms with Gasteiger partial charge in [0.1, 0.15) is 5.82 Å². The summed E-state index contributed by atoms with van der Waals surface area (Å²) >= 11 is 0. The van der Waals surface area contributed by atoms with E-state index in [-0.39, 0.29) is 11.4 Å². The molecule has 2 amide bonds. The van der Waals surface area contributed by atoms with Gasteiger partial charge in [-0.15, -0.1) is 0 Å². The minimum atomic E-state index is -4.48. The average Bonchev–Trinajstić information content (AvgIpc) is 3.25. The number of hydrogen-bond acceptors (Lipinski definition) is 3. The lowest BCUT2D eigenvalue weighted by Crippen LogP contribution is -2.20. The first-order valence-corrected chi connectivity index (χ1v) is 9.30. The van der Waals surface area contributed by atoms with E-state index in [4.69, 9.17) is 0 Å². The van der Waals surface area contributed by atoms with Gasteiger partial charge in [0.2, 0.25) is 0 Å². The van der Waals surface area contributed by atoms with Crippen LogP contribution in [0.5, 0.6) is 0 Å². The Bertz CT molecular complexity index is 1240. The summed E-state index contributed by atoms with van der Waals surface area (Å²) in [6, 6.07) is 10.9. The fourth-order valence-electron chi connectivity index (χ4n) is 3.06. The van der Waals surface area contributed by atoms with Crippen molar-refractivity contribution in [3.8, 4) is 22.4 Å². The molecule has 6 nitrogen and oxygen atoms in total. The molecule has 0 atom stereocenters. The van der Waals surface area contributed by atoms with Gasteiger partial charge in [-0.1, -0.05) is 0 Å². The Balaban J connectivity index is 1.53. The standard InChI is InChI=1S/C22H15F4N5O/c23-18-6-1-14(20-17(12-28-31-20)13-7-9-27-10-8-13)11-19(18)30-21(32)29-16-4-2-15(3-5-16)22(24,25)26/h1-12H,(H,28,31)(H2,29,30,32). The van der Waals surface area contributed by atoms with Crippen LogP contribution in [0.15, 0.2) is 73.2 Å². The van der Waals surface area contributed by atoms with Crippen LogP contribution in [0.4, 0.5) is 33.7 Å². The molecule has 162 valence electrons. The topological polar surface area (TPSA) is 82.7 Å². The number of alkyl halides is 3. The molecule has 0 saturated heterocycles. The van der Waals surface area contributed by atoms with Crippen molar-refractivity contribution in [2.75, 3.05) is 10.6 Å². The van der Waals surface area contributed by atoms with E-state index in [0.29, 0.717) is 11.3 Å². The third kappa shape index (κ3) is 4.59.